The van der Waals surface area contributed by atoms with Gasteiger partial charge >= 0.3 is 15.6 Å². The molecule has 3 heterocycles. The smallest absolute Gasteiger partial charge is 0.358 e. The first kappa shape index (κ1) is 54.5. The number of hydrogen-bond acceptors (Lipinski definition) is 10. The maximum Gasteiger partial charge on any atom is 0.523 e. The molecule has 11 aromatic rings. The van der Waals surface area contributed by atoms with Gasteiger partial charge in [-0.3, -0.25) is 8.75 Å². The summed E-state index contributed by atoms with van der Waals surface area (Å²) in [5.41, 5.74) is -3.37. The van der Waals surface area contributed by atoms with E-state index in [0.29, 0.717) is 16.7 Å². The summed E-state index contributed by atoms with van der Waals surface area (Å²) in [6.07, 6.45) is -4.36. The molecule has 1 N–H and O–H groups in total. The highest BCUT2D eigenvalue weighted by atomic mass is 32.2. The van der Waals surface area contributed by atoms with E-state index in [1.807, 2.05) is 273 Å². The molecule has 0 unspecified atom stereocenters. The Morgan fingerprint density at radius 1 is 0.458 bits per heavy atom. The second-order valence-electron chi connectivity index (χ2n) is 20.0. The predicted octanol–water partition coefficient (Wildman–Crippen LogP) is 13.7. The van der Waals surface area contributed by atoms with Gasteiger partial charge in [0.25, 0.3) is 0 Å². The molecule has 414 valence electrons. The summed E-state index contributed by atoms with van der Waals surface area (Å²) < 4.78 is 103. The Balaban J connectivity index is 1.07. The molecule has 1 aliphatic heterocycles. The summed E-state index contributed by atoms with van der Waals surface area (Å²) in [7, 11) is -6.44. The van der Waals surface area contributed by atoms with Gasteiger partial charge in [0.2, 0.25) is 0 Å². The zero-order valence-corrected chi connectivity index (χ0v) is 45.2. The normalized spacial score (nSPS) is 16.9. The fourth-order valence-electron chi connectivity index (χ4n) is 11.5. The third-order valence-corrected chi connectivity index (χ3v) is 16.3. The number of rotatable bonds is 19. The Hall–Kier alpha value is -9.09. The molecule has 12 rings (SSSR count). The molecule has 4 atom stereocenters. The van der Waals surface area contributed by atoms with E-state index >= 15 is 13.2 Å². The quantitative estimate of drug-likeness (QED) is 0.0475. The third kappa shape index (κ3) is 10.2. The van der Waals surface area contributed by atoms with Gasteiger partial charge in [0.1, 0.15) is 35.3 Å². The largest absolute Gasteiger partial charge is 0.523 e. The first-order chi connectivity index (χ1) is 40.5. The fraction of sp³-hybridized carbons (Fsp3) is 0.132. The molecule has 2 aromatic heterocycles. The predicted molar refractivity (Wildman–Crippen MR) is 311 cm³/mol. The van der Waals surface area contributed by atoms with Crippen LogP contribution in [0.15, 0.2) is 286 Å². The summed E-state index contributed by atoms with van der Waals surface area (Å²) in [5, 5.41) is 3.76. The molecule has 83 heavy (non-hydrogen) atoms. The van der Waals surface area contributed by atoms with Crippen LogP contribution in [-0.4, -0.2) is 58.4 Å². The van der Waals surface area contributed by atoms with Gasteiger partial charge in [-0.25, -0.2) is 15.0 Å². The first-order valence-corrected chi connectivity index (χ1v) is 28.4. The zero-order valence-electron chi connectivity index (χ0n) is 44.4. The molecule has 0 spiro atoms. The Bertz CT molecular complexity index is 3720. The van der Waals surface area contributed by atoms with E-state index in [-0.39, 0.29) is 17.0 Å². The molecule has 11 nitrogen and oxygen atoms in total. The van der Waals surface area contributed by atoms with Crippen molar-refractivity contribution in [3.63, 3.8) is 0 Å². The summed E-state index contributed by atoms with van der Waals surface area (Å²) in [5.74, 6) is 0.242. The molecule has 15 heteroatoms. The van der Waals surface area contributed by atoms with E-state index in [4.69, 9.17) is 33.3 Å². The molecule has 9 aromatic carbocycles. The van der Waals surface area contributed by atoms with Crippen LogP contribution >= 0.6 is 0 Å². The lowest BCUT2D eigenvalue weighted by molar-refractivity contribution is -0.131. The van der Waals surface area contributed by atoms with Gasteiger partial charge in [-0.1, -0.05) is 273 Å². The second-order valence-corrected chi connectivity index (χ2v) is 21.6. The monoisotopic (exact) mass is 1130 g/mol. The number of fused-ring (bicyclic) bond motifs is 1. The SMILES string of the molecule is O=S(=O)(O[C@@H]1[C@H](OC(c2ccccc2)(c2ccccc2)c2ccccc2)[C@@H](COC(c2ccccc2)(c2ccccc2)c2ccccc2)O[C@H]1n1cnc2c(NC(c3ccccc3)(c3ccccc3)c3ccccc3)ncnc21)C(F)(F)F. The highest BCUT2D eigenvalue weighted by Crippen LogP contribution is 2.49. The van der Waals surface area contributed by atoms with Crippen LogP contribution in [0.3, 0.4) is 0 Å². The van der Waals surface area contributed by atoms with Gasteiger partial charge in [-0.15, -0.1) is 0 Å². The second kappa shape index (κ2) is 23.0. The number of halogens is 3. The Morgan fingerprint density at radius 3 is 1.17 bits per heavy atom. The number of aromatic nitrogens is 4. The first-order valence-electron chi connectivity index (χ1n) is 27.0. The van der Waals surface area contributed by atoms with Crippen LogP contribution in [0.25, 0.3) is 11.2 Å². The number of benzene rings is 9. The van der Waals surface area contributed by atoms with Crippen LogP contribution < -0.4 is 5.32 Å². The lowest BCUT2D eigenvalue weighted by Gasteiger charge is -2.41. The number of nitrogens with one attached hydrogen (secondary N) is 1. The van der Waals surface area contributed by atoms with Crippen molar-refractivity contribution in [2.75, 3.05) is 11.9 Å². The van der Waals surface area contributed by atoms with Crippen molar-refractivity contribution in [2.45, 2.75) is 46.8 Å². The van der Waals surface area contributed by atoms with Crippen LogP contribution in [0, 0.1) is 0 Å². The Morgan fingerprint density at radius 2 is 0.807 bits per heavy atom. The van der Waals surface area contributed by atoms with Gasteiger partial charge in [0.05, 0.1) is 12.9 Å². The minimum absolute atomic E-state index is 0.0709. The average Bonchev–Trinajstić information content (AvgIpc) is 2.70. The lowest BCUT2D eigenvalue weighted by atomic mass is 9.77. The van der Waals surface area contributed by atoms with E-state index in [9.17, 15) is 8.42 Å². The van der Waals surface area contributed by atoms with Crippen molar-refractivity contribution in [2.24, 2.45) is 0 Å². The fourth-order valence-corrected chi connectivity index (χ4v) is 12.1. The number of imidazole rings is 1. The number of anilines is 1. The molecule has 1 aliphatic rings. The highest BCUT2D eigenvalue weighted by molar-refractivity contribution is 7.87. The standard InChI is InChI=1S/C68H54F3N5O6S/c69-68(70,71)83(77,78)82-61-60(81-67(55-40-22-7-23-41-55,56-42-24-8-25-43-56)57-44-26-9-27-45-57)58(46-79-66(52-34-16-4-17-35-52,53-36-18-5-19-37-53)54-38-20-6-21-39-54)80-64(61)76-48-74-59-62(72-47-73-63(59)76)75-65(49-28-10-1-11-29-49,50-30-12-2-13-31-50)51-32-14-3-15-33-51/h1-45,47-48,58,60-61,64H,46H2,(H,72,73,75)/t58-,60-,61-,64-/m1/s1. The third-order valence-electron chi connectivity index (χ3n) is 15.2. The van der Waals surface area contributed by atoms with Crippen molar-refractivity contribution in [1.82, 2.24) is 19.5 Å². The van der Waals surface area contributed by atoms with Crippen LogP contribution in [0.4, 0.5) is 19.0 Å². The Kier molecular flexibility index (Phi) is 15.1. The molecule has 0 bridgehead atoms. The number of ether oxygens (including phenoxy) is 3. The topological polar surface area (TPSA) is 127 Å². The van der Waals surface area contributed by atoms with E-state index in [1.165, 1.54) is 17.2 Å². The van der Waals surface area contributed by atoms with Crippen LogP contribution in [0.2, 0.25) is 0 Å². The minimum Gasteiger partial charge on any atom is -0.358 e. The maximum atomic E-state index is 15.2. The van der Waals surface area contributed by atoms with Crippen molar-refractivity contribution < 1.29 is 40.0 Å². The number of nitrogens with zero attached hydrogens (tertiary/aromatic N) is 4. The molecule has 1 fully saturated rings. The van der Waals surface area contributed by atoms with Crippen LogP contribution in [-0.2, 0) is 45.3 Å². The molecule has 1 saturated heterocycles. The van der Waals surface area contributed by atoms with E-state index in [1.54, 1.807) is 0 Å². The van der Waals surface area contributed by atoms with Crippen molar-refractivity contribution in [1.29, 1.82) is 0 Å². The van der Waals surface area contributed by atoms with E-state index in [2.05, 4.69) is 5.32 Å². The van der Waals surface area contributed by atoms with Crippen molar-refractivity contribution in [3.05, 3.63) is 336 Å². The van der Waals surface area contributed by atoms with Gasteiger partial charge < -0.3 is 19.5 Å². The molecule has 0 saturated carbocycles. The minimum atomic E-state index is -6.44. The molecule has 0 aliphatic carbocycles. The molecular formula is C68H54F3N5O6S. The summed E-state index contributed by atoms with van der Waals surface area (Å²) in [6, 6.07) is 85.7. The van der Waals surface area contributed by atoms with E-state index < -0.39 is 63.5 Å². The summed E-state index contributed by atoms with van der Waals surface area (Å²) in [6.45, 7) is -0.414. The molecule has 0 radical (unpaired) electrons. The Labute approximate surface area is 478 Å². The number of alkyl halides is 3. The molecular weight excluding hydrogens is 1070 g/mol. The van der Waals surface area contributed by atoms with Gasteiger partial charge in [-0.2, -0.15) is 21.6 Å². The summed E-state index contributed by atoms with van der Waals surface area (Å²) in [4.78, 5) is 14.4. The van der Waals surface area contributed by atoms with Crippen molar-refractivity contribution in [3.8, 4) is 0 Å². The zero-order chi connectivity index (χ0) is 56.9. The van der Waals surface area contributed by atoms with Crippen LogP contribution in [0.1, 0.15) is 56.3 Å². The maximum absolute atomic E-state index is 15.2. The van der Waals surface area contributed by atoms with Crippen LogP contribution in [0.5, 0.6) is 0 Å². The van der Waals surface area contributed by atoms with Gasteiger partial charge in [0, 0.05) is 0 Å². The molecule has 0 amide bonds. The summed E-state index contributed by atoms with van der Waals surface area (Å²) >= 11 is 0. The van der Waals surface area contributed by atoms with E-state index in [0.717, 1.165) is 33.4 Å². The van der Waals surface area contributed by atoms with Crippen molar-refractivity contribution >= 4 is 27.1 Å². The van der Waals surface area contributed by atoms with Gasteiger partial charge in [0.15, 0.2) is 29.3 Å². The number of hydrogen-bond donors (Lipinski definition) is 1. The average molecular weight is 1130 g/mol. The lowest BCUT2D eigenvalue weighted by Crippen LogP contribution is -2.48. The highest BCUT2D eigenvalue weighted by Gasteiger charge is 2.59. The van der Waals surface area contributed by atoms with Gasteiger partial charge in [-0.05, 0) is 50.1 Å².